The predicted octanol–water partition coefficient (Wildman–Crippen LogP) is 0.467. The molecule has 6 nitrogen and oxygen atoms in total. The van der Waals surface area contributed by atoms with Crippen molar-refractivity contribution in [1.29, 1.82) is 0 Å². The van der Waals surface area contributed by atoms with E-state index in [1.165, 1.54) is 0 Å². The van der Waals surface area contributed by atoms with E-state index in [9.17, 15) is 0 Å². The van der Waals surface area contributed by atoms with Crippen LogP contribution in [-0.4, -0.2) is 59.3 Å². The Bertz CT molecular complexity index is 414. The summed E-state index contributed by atoms with van der Waals surface area (Å²) >= 11 is 0. The van der Waals surface area contributed by atoms with Crippen molar-refractivity contribution in [2.75, 3.05) is 44.2 Å². The lowest BCUT2D eigenvalue weighted by Crippen LogP contribution is -2.47. The largest absolute Gasteiger partial charge is 0.337 e. The molecule has 1 aromatic heterocycles. The van der Waals surface area contributed by atoms with Crippen molar-refractivity contribution in [3.8, 4) is 0 Å². The molecular formula is C14H26N6. The van der Waals surface area contributed by atoms with E-state index in [4.69, 9.17) is 5.73 Å². The van der Waals surface area contributed by atoms with Gasteiger partial charge in [-0.25, -0.2) is 4.98 Å². The molecule has 112 valence electrons. The van der Waals surface area contributed by atoms with Gasteiger partial charge in [0.15, 0.2) is 0 Å². The van der Waals surface area contributed by atoms with Crippen molar-refractivity contribution in [3.63, 3.8) is 0 Å². The maximum atomic E-state index is 5.56. The van der Waals surface area contributed by atoms with Gasteiger partial charge in [-0.15, -0.1) is 5.10 Å². The van der Waals surface area contributed by atoms with E-state index in [-0.39, 0.29) is 0 Å². The molecular weight excluding hydrogens is 252 g/mol. The fourth-order valence-electron chi connectivity index (χ4n) is 2.55. The van der Waals surface area contributed by atoms with Crippen LogP contribution in [0.1, 0.15) is 31.7 Å². The summed E-state index contributed by atoms with van der Waals surface area (Å²) in [6, 6.07) is 0. The van der Waals surface area contributed by atoms with Gasteiger partial charge in [-0.1, -0.05) is 13.8 Å². The van der Waals surface area contributed by atoms with Crippen LogP contribution in [0.15, 0.2) is 0 Å². The molecule has 20 heavy (non-hydrogen) atoms. The molecule has 0 bridgehead atoms. The molecule has 1 saturated heterocycles. The summed E-state index contributed by atoms with van der Waals surface area (Å²) < 4.78 is 0. The third-order valence-corrected chi connectivity index (χ3v) is 3.83. The molecule has 0 spiro atoms. The van der Waals surface area contributed by atoms with Crippen LogP contribution >= 0.6 is 0 Å². The summed E-state index contributed by atoms with van der Waals surface area (Å²) in [5.41, 5.74) is 7.67. The van der Waals surface area contributed by atoms with E-state index in [1.54, 1.807) is 0 Å². The summed E-state index contributed by atoms with van der Waals surface area (Å²) in [6.07, 6.45) is 2.89. The van der Waals surface area contributed by atoms with E-state index in [1.807, 2.05) is 0 Å². The smallest absolute Gasteiger partial charge is 0.245 e. The van der Waals surface area contributed by atoms with E-state index in [2.05, 4.69) is 38.8 Å². The number of rotatable bonds is 6. The lowest BCUT2D eigenvalue weighted by molar-refractivity contribution is 0.255. The van der Waals surface area contributed by atoms with Crippen LogP contribution in [0.2, 0.25) is 0 Å². The van der Waals surface area contributed by atoms with Gasteiger partial charge in [-0.3, -0.25) is 4.90 Å². The van der Waals surface area contributed by atoms with Gasteiger partial charge in [0.1, 0.15) is 0 Å². The Hall–Kier alpha value is -1.27. The maximum Gasteiger partial charge on any atom is 0.245 e. The van der Waals surface area contributed by atoms with Crippen LogP contribution in [0.4, 0.5) is 5.95 Å². The first-order valence-electron chi connectivity index (χ1n) is 7.68. The van der Waals surface area contributed by atoms with Gasteiger partial charge in [0.25, 0.3) is 0 Å². The highest BCUT2D eigenvalue weighted by Gasteiger charge is 2.19. The molecule has 2 heterocycles. The molecule has 0 aromatic carbocycles. The van der Waals surface area contributed by atoms with Crippen molar-refractivity contribution in [1.82, 2.24) is 20.1 Å². The molecule has 0 saturated carbocycles. The number of aromatic nitrogens is 3. The molecule has 0 atom stereocenters. The van der Waals surface area contributed by atoms with Gasteiger partial charge in [-0.05, 0) is 32.4 Å². The molecule has 0 aliphatic carbocycles. The summed E-state index contributed by atoms with van der Waals surface area (Å²) in [5.74, 6) is 0.789. The van der Waals surface area contributed by atoms with Gasteiger partial charge in [0, 0.05) is 26.2 Å². The Morgan fingerprint density at radius 1 is 1.00 bits per heavy atom. The second kappa shape index (κ2) is 7.50. The predicted molar refractivity (Wildman–Crippen MR) is 80.9 cm³/mol. The number of nitrogens with two attached hydrogens (primary N) is 1. The number of hydrogen-bond acceptors (Lipinski definition) is 6. The summed E-state index contributed by atoms with van der Waals surface area (Å²) in [4.78, 5) is 9.38. The van der Waals surface area contributed by atoms with Gasteiger partial charge in [0.05, 0.1) is 11.4 Å². The Labute approximate surface area is 121 Å². The molecule has 1 aliphatic heterocycles. The zero-order valence-electron chi connectivity index (χ0n) is 12.7. The monoisotopic (exact) mass is 278 g/mol. The number of anilines is 1. The van der Waals surface area contributed by atoms with Crippen molar-refractivity contribution < 1.29 is 0 Å². The molecule has 0 radical (unpaired) electrons. The number of piperazine rings is 1. The average Bonchev–Trinajstić information content (AvgIpc) is 2.52. The van der Waals surface area contributed by atoms with E-state index in [0.29, 0.717) is 0 Å². The van der Waals surface area contributed by atoms with Crippen LogP contribution in [0.3, 0.4) is 0 Å². The highest BCUT2D eigenvalue weighted by molar-refractivity contribution is 5.31. The fourth-order valence-corrected chi connectivity index (χ4v) is 2.55. The summed E-state index contributed by atoms with van der Waals surface area (Å²) in [6.45, 7) is 10.1. The zero-order valence-corrected chi connectivity index (χ0v) is 12.7. The normalized spacial score (nSPS) is 16.6. The van der Waals surface area contributed by atoms with Crippen molar-refractivity contribution in [2.45, 2.75) is 33.1 Å². The minimum Gasteiger partial charge on any atom is -0.337 e. The van der Waals surface area contributed by atoms with Crippen molar-refractivity contribution in [3.05, 3.63) is 11.4 Å². The molecule has 0 amide bonds. The van der Waals surface area contributed by atoms with Gasteiger partial charge >= 0.3 is 0 Å². The Morgan fingerprint density at radius 2 is 1.70 bits per heavy atom. The van der Waals surface area contributed by atoms with Crippen LogP contribution in [0, 0.1) is 0 Å². The van der Waals surface area contributed by atoms with Crippen LogP contribution in [0.25, 0.3) is 0 Å². The SMILES string of the molecule is CCc1nnc(N2CCN(CCCN)CC2)nc1CC. The van der Waals surface area contributed by atoms with Gasteiger partial charge < -0.3 is 10.6 Å². The van der Waals surface area contributed by atoms with E-state index >= 15 is 0 Å². The lowest BCUT2D eigenvalue weighted by atomic mass is 10.2. The molecule has 1 aliphatic rings. The topological polar surface area (TPSA) is 71.2 Å². The van der Waals surface area contributed by atoms with Crippen LogP contribution in [0.5, 0.6) is 0 Å². The number of nitrogens with zero attached hydrogens (tertiary/aromatic N) is 5. The maximum absolute atomic E-state index is 5.56. The Morgan fingerprint density at radius 3 is 2.30 bits per heavy atom. The second-order valence-electron chi connectivity index (χ2n) is 5.18. The Balaban J connectivity index is 1.96. The standard InChI is InChI=1S/C14H26N6/c1-3-12-13(4-2)17-18-14(16-12)20-10-8-19(9-11-20)7-5-6-15/h3-11,15H2,1-2H3. The number of aryl methyl sites for hydroxylation is 2. The molecule has 0 unspecified atom stereocenters. The van der Waals surface area contributed by atoms with E-state index in [0.717, 1.165) is 75.9 Å². The molecule has 2 N–H and O–H groups in total. The lowest BCUT2D eigenvalue weighted by Gasteiger charge is -2.34. The zero-order chi connectivity index (χ0) is 14.4. The first-order valence-corrected chi connectivity index (χ1v) is 7.68. The van der Waals surface area contributed by atoms with Crippen molar-refractivity contribution >= 4 is 5.95 Å². The first kappa shape index (κ1) is 15.1. The van der Waals surface area contributed by atoms with Gasteiger partial charge in [0.2, 0.25) is 5.95 Å². The highest BCUT2D eigenvalue weighted by Crippen LogP contribution is 2.13. The summed E-state index contributed by atoms with van der Waals surface area (Å²) in [7, 11) is 0. The minimum atomic E-state index is 0.769. The molecule has 6 heteroatoms. The van der Waals surface area contributed by atoms with Crippen LogP contribution < -0.4 is 10.6 Å². The molecule has 2 rings (SSSR count). The van der Waals surface area contributed by atoms with Crippen LogP contribution in [-0.2, 0) is 12.8 Å². The van der Waals surface area contributed by atoms with E-state index < -0.39 is 0 Å². The first-order chi connectivity index (χ1) is 9.78. The second-order valence-corrected chi connectivity index (χ2v) is 5.18. The average molecular weight is 278 g/mol. The van der Waals surface area contributed by atoms with Gasteiger partial charge in [-0.2, -0.15) is 5.10 Å². The Kier molecular flexibility index (Phi) is 5.67. The minimum absolute atomic E-state index is 0.769. The highest BCUT2D eigenvalue weighted by atomic mass is 15.4. The third-order valence-electron chi connectivity index (χ3n) is 3.83. The fraction of sp³-hybridized carbons (Fsp3) is 0.786. The molecule has 1 aromatic rings. The number of hydrogen-bond donors (Lipinski definition) is 1. The quantitative estimate of drug-likeness (QED) is 0.815. The summed E-state index contributed by atoms with van der Waals surface area (Å²) in [5, 5.41) is 8.62. The van der Waals surface area contributed by atoms with Crippen molar-refractivity contribution in [2.24, 2.45) is 5.73 Å². The molecule has 1 fully saturated rings. The third kappa shape index (κ3) is 3.64.